The number of thioether (sulfide) groups is 1. The fourth-order valence-electron chi connectivity index (χ4n) is 2.55. The number of ether oxygens (including phenoxy) is 1. The molecule has 1 heterocycles. The molecule has 2 aromatic carbocycles. The van der Waals surface area contributed by atoms with Crippen molar-refractivity contribution in [2.45, 2.75) is 0 Å². The molecular formula is C20H17ClN2O4S. The summed E-state index contributed by atoms with van der Waals surface area (Å²) in [5.74, 6) is -0.103. The molecular weight excluding hydrogens is 400 g/mol. The van der Waals surface area contributed by atoms with Gasteiger partial charge in [-0.15, -0.1) is 0 Å². The minimum atomic E-state index is -0.374. The predicted octanol–water partition coefficient (Wildman–Crippen LogP) is 3.81. The number of rotatable bonds is 6. The van der Waals surface area contributed by atoms with Crippen molar-refractivity contribution in [3.63, 3.8) is 0 Å². The van der Waals surface area contributed by atoms with Crippen molar-refractivity contribution in [1.82, 2.24) is 10.2 Å². The van der Waals surface area contributed by atoms with Gasteiger partial charge in [0.05, 0.1) is 12.0 Å². The smallest absolute Gasteiger partial charge is 0.293 e. The zero-order chi connectivity index (χ0) is 20.1. The van der Waals surface area contributed by atoms with Gasteiger partial charge in [-0.3, -0.25) is 19.3 Å². The minimum absolute atomic E-state index is 0.0956. The Balaban J connectivity index is 1.58. The van der Waals surface area contributed by atoms with Gasteiger partial charge in [-0.05, 0) is 53.7 Å². The van der Waals surface area contributed by atoms with Gasteiger partial charge in [-0.2, -0.15) is 0 Å². The molecule has 0 radical (unpaired) electrons. The quantitative estimate of drug-likeness (QED) is 0.724. The molecule has 0 aromatic heterocycles. The summed E-state index contributed by atoms with van der Waals surface area (Å²) in [6, 6.07) is 13.7. The van der Waals surface area contributed by atoms with Gasteiger partial charge >= 0.3 is 0 Å². The van der Waals surface area contributed by atoms with E-state index in [1.54, 1.807) is 54.6 Å². The number of hydrogen-bond donors (Lipinski definition) is 1. The van der Waals surface area contributed by atoms with E-state index < -0.39 is 0 Å². The highest BCUT2D eigenvalue weighted by Gasteiger charge is 2.34. The predicted molar refractivity (Wildman–Crippen MR) is 109 cm³/mol. The first-order valence-electron chi connectivity index (χ1n) is 8.41. The van der Waals surface area contributed by atoms with E-state index in [9.17, 15) is 14.4 Å². The molecule has 0 atom stereocenters. The normalized spacial score (nSPS) is 15.2. The second-order valence-corrected chi connectivity index (χ2v) is 7.30. The number of methoxy groups -OCH3 is 1. The first-order chi connectivity index (χ1) is 13.5. The van der Waals surface area contributed by atoms with Crippen LogP contribution in [0.25, 0.3) is 6.08 Å². The maximum atomic E-state index is 12.5. The molecule has 1 saturated heterocycles. The molecule has 1 fully saturated rings. The third kappa shape index (κ3) is 4.74. The number of nitrogens with one attached hydrogen (secondary N) is 1. The molecule has 1 aliphatic heterocycles. The maximum Gasteiger partial charge on any atom is 0.293 e. The van der Waals surface area contributed by atoms with Crippen molar-refractivity contribution in [3.8, 4) is 5.75 Å². The Morgan fingerprint density at radius 3 is 2.68 bits per heavy atom. The molecule has 28 heavy (non-hydrogen) atoms. The van der Waals surface area contributed by atoms with E-state index in [0.29, 0.717) is 21.2 Å². The van der Waals surface area contributed by atoms with Gasteiger partial charge in [-0.1, -0.05) is 29.8 Å². The van der Waals surface area contributed by atoms with E-state index in [0.717, 1.165) is 22.2 Å². The van der Waals surface area contributed by atoms with E-state index in [1.165, 1.54) is 7.11 Å². The second-order valence-electron chi connectivity index (χ2n) is 5.87. The Labute approximate surface area is 171 Å². The zero-order valence-electron chi connectivity index (χ0n) is 15.0. The van der Waals surface area contributed by atoms with Gasteiger partial charge in [0, 0.05) is 23.7 Å². The largest absolute Gasteiger partial charge is 0.497 e. The molecule has 8 heteroatoms. The average Bonchev–Trinajstić information content (AvgIpc) is 2.97. The fourth-order valence-corrected chi connectivity index (χ4v) is 3.54. The topological polar surface area (TPSA) is 75.7 Å². The maximum absolute atomic E-state index is 12.5. The third-order valence-corrected chi connectivity index (χ3v) is 5.15. The summed E-state index contributed by atoms with van der Waals surface area (Å²) in [5.41, 5.74) is 1.22. The van der Waals surface area contributed by atoms with Crippen LogP contribution in [0.2, 0.25) is 5.02 Å². The number of hydrogen-bond acceptors (Lipinski definition) is 5. The van der Waals surface area contributed by atoms with Crippen LogP contribution in [0, 0.1) is 0 Å². The van der Waals surface area contributed by atoms with E-state index in [2.05, 4.69) is 5.32 Å². The first kappa shape index (κ1) is 20.0. The molecule has 0 spiro atoms. The van der Waals surface area contributed by atoms with E-state index >= 15 is 0 Å². The van der Waals surface area contributed by atoms with E-state index in [1.807, 2.05) is 0 Å². The van der Waals surface area contributed by atoms with Gasteiger partial charge < -0.3 is 10.1 Å². The van der Waals surface area contributed by atoms with Crippen LogP contribution in [0.4, 0.5) is 4.79 Å². The van der Waals surface area contributed by atoms with Crippen LogP contribution in [-0.4, -0.2) is 42.2 Å². The summed E-state index contributed by atoms with van der Waals surface area (Å²) in [4.78, 5) is 38.3. The van der Waals surface area contributed by atoms with Crippen LogP contribution in [0.3, 0.4) is 0 Å². The summed E-state index contributed by atoms with van der Waals surface area (Å²) in [5, 5.41) is 2.94. The van der Waals surface area contributed by atoms with Crippen LogP contribution in [0.1, 0.15) is 15.9 Å². The summed E-state index contributed by atoms with van der Waals surface area (Å²) >= 11 is 6.73. The van der Waals surface area contributed by atoms with E-state index in [-0.39, 0.29) is 30.1 Å². The Morgan fingerprint density at radius 2 is 1.96 bits per heavy atom. The highest BCUT2D eigenvalue weighted by atomic mass is 35.5. The van der Waals surface area contributed by atoms with Crippen molar-refractivity contribution in [3.05, 3.63) is 69.6 Å². The van der Waals surface area contributed by atoms with Crippen LogP contribution >= 0.6 is 23.4 Å². The molecule has 6 nitrogen and oxygen atoms in total. The lowest BCUT2D eigenvalue weighted by Gasteiger charge is -2.13. The van der Waals surface area contributed by atoms with Crippen LogP contribution in [0.15, 0.2) is 53.4 Å². The molecule has 3 amide bonds. The zero-order valence-corrected chi connectivity index (χ0v) is 16.5. The standard InChI is InChI=1S/C20H17ClN2O4S/c1-27-16-4-2-3-14(12-16)18(24)22-9-10-23-19(25)17(28-20(23)26)11-13-5-7-15(21)8-6-13/h2-8,11-12H,9-10H2,1H3,(H,22,24)/b17-11-. The average molecular weight is 417 g/mol. The number of halogens is 1. The molecule has 1 N–H and O–H groups in total. The molecule has 0 unspecified atom stereocenters. The highest BCUT2D eigenvalue weighted by molar-refractivity contribution is 8.18. The van der Waals surface area contributed by atoms with Crippen LogP contribution < -0.4 is 10.1 Å². The van der Waals surface area contributed by atoms with Crippen molar-refractivity contribution < 1.29 is 19.1 Å². The molecule has 1 aliphatic rings. The highest BCUT2D eigenvalue weighted by Crippen LogP contribution is 2.32. The molecule has 0 aliphatic carbocycles. The molecule has 3 rings (SSSR count). The lowest BCUT2D eigenvalue weighted by Crippen LogP contribution is -2.37. The van der Waals surface area contributed by atoms with Crippen molar-refractivity contribution in [2.24, 2.45) is 0 Å². The Morgan fingerprint density at radius 1 is 1.21 bits per heavy atom. The van der Waals surface area contributed by atoms with E-state index in [4.69, 9.17) is 16.3 Å². The summed E-state index contributed by atoms with van der Waals surface area (Å²) in [6.45, 7) is 0.251. The fraction of sp³-hybridized carbons (Fsp3) is 0.150. The number of imide groups is 1. The lowest BCUT2D eigenvalue weighted by atomic mass is 10.2. The molecule has 0 bridgehead atoms. The third-order valence-electron chi connectivity index (χ3n) is 3.99. The molecule has 0 saturated carbocycles. The second kappa shape index (κ2) is 8.95. The number of carbonyl (C=O) groups excluding carboxylic acids is 3. The summed E-state index contributed by atoms with van der Waals surface area (Å²) < 4.78 is 5.09. The van der Waals surface area contributed by atoms with Gasteiger partial charge in [-0.25, -0.2) is 0 Å². The molecule has 144 valence electrons. The van der Waals surface area contributed by atoms with Crippen molar-refractivity contribution in [2.75, 3.05) is 20.2 Å². The summed E-state index contributed by atoms with van der Waals surface area (Å²) in [6.07, 6.45) is 1.65. The first-order valence-corrected chi connectivity index (χ1v) is 9.60. The van der Waals surface area contributed by atoms with Gasteiger partial charge in [0.25, 0.3) is 17.1 Å². The Hall–Kier alpha value is -2.77. The van der Waals surface area contributed by atoms with Crippen molar-refractivity contribution >= 4 is 46.5 Å². The Kier molecular flexibility index (Phi) is 6.38. The number of carbonyl (C=O) groups is 3. The lowest BCUT2D eigenvalue weighted by molar-refractivity contribution is -0.122. The number of nitrogens with zero attached hydrogens (tertiary/aromatic N) is 1. The number of amides is 3. The van der Waals surface area contributed by atoms with Crippen LogP contribution in [0.5, 0.6) is 5.75 Å². The molecule has 2 aromatic rings. The summed E-state index contributed by atoms with van der Waals surface area (Å²) in [7, 11) is 1.52. The monoisotopic (exact) mass is 416 g/mol. The van der Waals surface area contributed by atoms with Gasteiger partial charge in [0.1, 0.15) is 5.75 Å². The van der Waals surface area contributed by atoms with Gasteiger partial charge in [0.15, 0.2) is 0 Å². The SMILES string of the molecule is COc1cccc(C(=O)NCCN2C(=O)S/C(=C\c3ccc(Cl)cc3)C2=O)c1. The Bertz CT molecular complexity index is 943. The minimum Gasteiger partial charge on any atom is -0.497 e. The van der Waals surface area contributed by atoms with Crippen LogP contribution in [-0.2, 0) is 4.79 Å². The van der Waals surface area contributed by atoms with Crippen molar-refractivity contribution in [1.29, 1.82) is 0 Å². The number of benzene rings is 2. The van der Waals surface area contributed by atoms with Gasteiger partial charge in [0.2, 0.25) is 0 Å².